The highest BCUT2D eigenvalue weighted by atomic mass is 35.5. The standard InChI is InChI=1S/C52H60P.ClH/c1-25-17-21-41-45(29(25)5)33(9)37(13)49(41)53(50-38(14)34(10)46-30(6)26(2)18-22-42(46)50,51-39(15)35(11)47-31(7)27(3)19-23-43(47)51)52-40(16)36(12)48-32(8)28(4)20-24-44(48)52;/h17-24,49-52H,1-16H3;1H/q+1;/p-1. The summed E-state index contributed by atoms with van der Waals surface area (Å²) in [5.74, 6) is 0. The summed E-state index contributed by atoms with van der Waals surface area (Å²) in [5.41, 5.74) is 37.7. The Morgan fingerprint density at radius 2 is 0.481 bits per heavy atom. The molecule has 0 radical (unpaired) electrons. The summed E-state index contributed by atoms with van der Waals surface area (Å²) >= 11 is 0. The molecule has 0 saturated heterocycles. The second-order valence-corrected chi connectivity index (χ2v) is 21.5. The second kappa shape index (κ2) is 13.1. The van der Waals surface area contributed by atoms with Gasteiger partial charge in [0.05, 0.1) is 7.26 Å². The lowest BCUT2D eigenvalue weighted by Gasteiger charge is -2.49. The topological polar surface area (TPSA) is 0 Å². The lowest BCUT2D eigenvalue weighted by Crippen LogP contribution is -3.00. The molecule has 4 aromatic rings. The van der Waals surface area contributed by atoms with Gasteiger partial charge in [0.15, 0.2) is 0 Å². The van der Waals surface area contributed by atoms with Gasteiger partial charge in [0.1, 0.15) is 22.6 Å². The molecule has 0 nitrogen and oxygen atoms in total. The SMILES string of the molecule is CC1=C(C)C([P+](C2C(C)=C(C)c3c2ccc(C)c3C)(C2C(C)=C(C)c3c2ccc(C)c3C)C2C(C)=C(C)c3c2ccc(C)c3C)c2ccc(C)c(C)c21.[Cl-]. The third-order valence-electron chi connectivity index (χ3n) is 15.5. The summed E-state index contributed by atoms with van der Waals surface area (Å²) in [6, 6.07) is 20.1. The fraction of sp³-hybridized carbons (Fsp3) is 0.385. The molecule has 2 heteroatoms. The van der Waals surface area contributed by atoms with E-state index in [0.717, 1.165) is 0 Å². The van der Waals surface area contributed by atoms with Crippen molar-refractivity contribution in [1.82, 2.24) is 0 Å². The molecule has 280 valence electrons. The van der Waals surface area contributed by atoms with Crippen LogP contribution in [0.5, 0.6) is 0 Å². The summed E-state index contributed by atoms with van der Waals surface area (Å²) in [4.78, 5) is 0. The largest absolute Gasteiger partial charge is 1.00 e. The number of hydrogen-bond donors (Lipinski definition) is 0. The van der Waals surface area contributed by atoms with Crippen molar-refractivity contribution < 1.29 is 12.4 Å². The molecule has 4 aliphatic rings. The zero-order chi connectivity index (χ0) is 38.3. The van der Waals surface area contributed by atoms with Crippen molar-refractivity contribution in [1.29, 1.82) is 0 Å². The highest BCUT2D eigenvalue weighted by Crippen LogP contribution is 2.99. The lowest BCUT2D eigenvalue weighted by atomic mass is 9.96. The Morgan fingerprint density at radius 1 is 0.296 bits per heavy atom. The first-order chi connectivity index (χ1) is 25.0. The van der Waals surface area contributed by atoms with Crippen molar-refractivity contribution in [3.63, 3.8) is 0 Å². The van der Waals surface area contributed by atoms with E-state index in [0.29, 0.717) is 22.6 Å². The van der Waals surface area contributed by atoms with Gasteiger partial charge in [0, 0.05) is 22.3 Å². The number of allylic oxidation sites excluding steroid dienone is 8. The monoisotopic (exact) mass is 750 g/mol. The van der Waals surface area contributed by atoms with Gasteiger partial charge < -0.3 is 12.4 Å². The average molecular weight is 751 g/mol. The molecular weight excluding hydrogens is 691 g/mol. The number of hydrogen-bond acceptors (Lipinski definition) is 0. The van der Waals surface area contributed by atoms with Crippen LogP contribution in [0.3, 0.4) is 0 Å². The minimum atomic E-state index is -2.36. The van der Waals surface area contributed by atoms with E-state index >= 15 is 0 Å². The van der Waals surface area contributed by atoms with Crippen LogP contribution in [-0.4, -0.2) is 0 Å². The van der Waals surface area contributed by atoms with Crippen LogP contribution in [0.1, 0.15) is 167 Å². The van der Waals surface area contributed by atoms with Gasteiger partial charge in [-0.3, -0.25) is 0 Å². The highest BCUT2D eigenvalue weighted by Gasteiger charge is 2.70. The van der Waals surface area contributed by atoms with Gasteiger partial charge >= 0.3 is 0 Å². The van der Waals surface area contributed by atoms with Gasteiger partial charge in [-0.25, -0.2) is 0 Å². The molecule has 0 aliphatic heterocycles. The molecular formula is C52H60ClP. The first kappa shape index (κ1) is 38.8. The molecule has 8 rings (SSSR count). The molecule has 4 atom stereocenters. The van der Waals surface area contributed by atoms with Gasteiger partial charge in [0.25, 0.3) is 0 Å². The summed E-state index contributed by atoms with van der Waals surface area (Å²) in [7, 11) is -2.36. The highest BCUT2D eigenvalue weighted by molar-refractivity contribution is 7.78. The Kier molecular flexibility index (Phi) is 9.40. The minimum Gasteiger partial charge on any atom is -1.00 e. The molecule has 0 bridgehead atoms. The van der Waals surface area contributed by atoms with Crippen molar-refractivity contribution in [3.8, 4) is 0 Å². The molecule has 0 aromatic heterocycles. The Hall–Kier alpha value is -3.44. The summed E-state index contributed by atoms with van der Waals surface area (Å²) in [5, 5.41) is 0. The van der Waals surface area contributed by atoms with Crippen molar-refractivity contribution >= 4 is 29.6 Å². The van der Waals surface area contributed by atoms with Gasteiger partial charge in [-0.1, -0.05) is 48.5 Å². The van der Waals surface area contributed by atoms with Crippen LogP contribution < -0.4 is 12.4 Å². The van der Waals surface area contributed by atoms with Crippen molar-refractivity contribution in [2.24, 2.45) is 0 Å². The van der Waals surface area contributed by atoms with Crippen LogP contribution in [-0.2, 0) is 0 Å². The predicted octanol–water partition coefficient (Wildman–Crippen LogP) is 12.7. The van der Waals surface area contributed by atoms with E-state index in [1.54, 1.807) is 44.5 Å². The molecule has 4 aromatic carbocycles. The number of rotatable bonds is 4. The van der Waals surface area contributed by atoms with E-state index in [-0.39, 0.29) is 12.4 Å². The van der Waals surface area contributed by atoms with Crippen LogP contribution >= 0.6 is 7.26 Å². The van der Waals surface area contributed by atoms with E-state index in [4.69, 9.17) is 0 Å². The quantitative estimate of drug-likeness (QED) is 0.182. The van der Waals surface area contributed by atoms with E-state index in [1.807, 2.05) is 0 Å². The van der Waals surface area contributed by atoms with Crippen LogP contribution in [0.4, 0.5) is 0 Å². The summed E-state index contributed by atoms with van der Waals surface area (Å²) in [6.07, 6.45) is 0. The zero-order valence-electron chi connectivity index (χ0n) is 35.8. The maximum atomic E-state index is 2.57. The molecule has 4 aliphatic carbocycles. The number of benzene rings is 4. The van der Waals surface area contributed by atoms with Crippen molar-refractivity contribution in [2.75, 3.05) is 0 Å². The average Bonchev–Trinajstić information content (AvgIpc) is 3.74. The first-order valence-electron chi connectivity index (χ1n) is 20.0. The van der Waals surface area contributed by atoms with Crippen molar-refractivity contribution in [2.45, 2.75) is 133 Å². The third-order valence-corrected chi connectivity index (χ3v) is 21.8. The van der Waals surface area contributed by atoms with Crippen molar-refractivity contribution in [3.05, 3.63) is 160 Å². The van der Waals surface area contributed by atoms with Gasteiger partial charge in [-0.15, -0.1) is 0 Å². The smallest absolute Gasteiger partial charge is 0.119 e. The maximum Gasteiger partial charge on any atom is 0.119 e. The second-order valence-electron chi connectivity index (χ2n) is 17.6. The fourth-order valence-corrected chi connectivity index (χ4v) is 20.0. The van der Waals surface area contributed by atoms with Gasteiger partial charge in [-0.05, 0) is 222 Å². The Bertz CT molecular complexity index is 2130. The number of aryl methyl sites for hydroxylation is 4. The lowest BCUT2D eigenvalue weighted by molar-refractivity contribution is -0.0000115. The maximum absolute atomic E-state index is 2.57. The number of fused-ring (bicyclic) bond motifs is 4. The van der Waals surface area contributed by atoms with E-state index < -0.39 is 7.26 Å². The van der Waals surface area contributed by atoms with Crippen LogP contribution in [0, 0.1) is 55.4 Å². The molecule has 0 saturated carbocycles. The molecule has 0 amide bonds. The van der Waals surface area contributed by atoms with E-state index in [2.05, 4.69) is 159 Å². The molecule has 0 heterocycles. The Balaban J connectivity index is 0.00000450. The fourth-order valence-electron chi connectivity index (χ4n) is 12.0. The Labute approximate surface area is 333 Å². The van der Waals surface area contributed by atoms with Gasteiger partial charge in [-0.2, -0.15) is 0 Å². The van der Waals surface area contributed by atoms with Crippen LogP contribution in [0.25, 0.3) is 22.3 Å². The molecule has 54 heavy (non-hydrogen) atoms. The molecule has 0 N–H and O–H groups in total. The minimum absolute atomic E-state index is 0. The third kappa shape index (κ3) is 4.72. The van der Waals surface area contributed by atoms with Crippen LogP contribution in [0.15, 0.2) is 70.8 Å². The molecule has 0 spiro atoms. The van der Waals surface area contributed by atoms with E-state index in [1.165, 1.54) is 89.1 Å². The first-order valence-corrected chi connectivity index (χ1v) is 22.1. The zero-order valence-corrected chi connectivity index (χ0v) is 37.4. The predicted molar refractivity (Wildman–Crippen MR) is 235 cm³/mol. The van der Waals surface area contributed by atoms with E-state index in [9.17, 15) is 0 Å². The summed E-state index contributed by atoms with van der Waals surface area (Å²) < 4.78 is 0. The molecule has 4 unspecified atom stereocenters. The summed E-state index contributed by atoms with van der Waals surface area (Å²) in [6.45, 7) is 38.8. The van der Waals surface area contributed by atoms with Gasteiger partial charge in [0.2, 0.25) is 0 Å². The normalized spacial score (nSPS) is 22.5. The van der Waals surface area contributed by atoms with Crippen LogP contribution in [0.2, 0.25) is 0 Å². The Morgan fingerprint density at radius 3 is 0.667 bits per heavy atom. The number of halogens is 1. The molecule has 0 fully saturated rings.